The molecule has 154 valence electrons. The summed E-state index contributed by atoms with van der Waals surface area (Å²) in [5.41, 5.74) is 10.6. The molecule has 3 aromatic carbocycles. The van der Waals surface area contributed by atoms with Crippen LogP contribution in [0, 0.1) is 0 Å². The van der Waals surface area contributed by atoms with E-state index < -0.39 is 0 Å². The molecule has 1 aliphatic rings. The lowest BCUT2D eigenvalue weighted by molar-refractivity contribution is 0.863. The summed E-state index contributed by atoms with van der Waals surface area (Å²) in [6.45, 7) is 8.36. The first-order chi connectivity index (χ1) is 15.1. The van der Waals surface area contributed by atoms with Gasteiger partial charge in [0.25, 0.3) is 0 Å². The van der Waals surface area contributed by atoms with Gasteiger partial charge in [-0.3, -0.25) is 0 Å². The van der Waals surface area contributed by atoms with E-state index in [1.807, 2.05) is 6.08 Å². The van der Waals surface area contributed by atoms with Crippen LogP contribution in [0.15, 0.2) is 103 Å². The minimum Gasteiger partial charge on any atom is -0.0985 e. The molecule has 1 aliphatic carbocycles. The highest BCUT2D eigenvalue weighted by molar-refractivity contribution is 5.75. The first-order valence-electron chi connectivity index (χ1n) is 11.1. The monoisotopic (exact) mass is 402 g/mol. The van der Waals surface area contributed by atoms with E-state index >= 15 is 0 Å². The van der Waals surface area contributed by atoms with Crippen LogP contribution in [-0.2, 0) is 6.42 Å². The van der Waals surface area contributed by atoms with Crippen LogP contribution in [0.2, 0.25) is 0 Å². The molecule has 0 atom stereocenters. The molecule has 0 nitrogen and oxygen atoms in total. The van der Waals surface area contributed by atoms with Crippen LogP contribution in [0.5, 0.6) is 0 Å². The summed E-state index contributed by atoms with van der Waals surface area (Å²) in [6.07, 6.45) is 12.8. The highest BCUT2D eigenvalue weighted by Gasteiger charge is 2.10. The van der Waals surface area contributed by atoms with E-state index in [4.69, 9.17) is 0 Å². The Hall–Kier alpha value is -3.38. The standard InChI is InChI=1S/C31H30/c1-4-24-8-5-9-25(18-24)14-15-26-16-17-31(20-26)30-13-7-11-28(22-30)19-27-10-6-12-29(21-27)23(2)3/h4-18,21-23H,1,19-20H2,2-3H3/b15-14+. The molecule has 31 heavy (non-hydrogen) atoms. The molecule has 0 bridgehead atoms. The maximum atomic E-state index is 3.85. The fourth-order valence-electron chi connectivity index (χ4n) is 4.03. The summed E-state index contributed by atoms with van der Waals surface area (Å²) in [6, 6.07) is 26.4. The molecule has 0 aromatic heterocycles. The van der Waals surface area contributed by atoms with E-state index in [9.17, 15) is 0 Å². The zero-order chi connectivity index (χ0) is 21.6. The number of hydrogen-bond acceptors (Lipinski definition) is 0. The number of hydrogen-bond donors (Lipinski definition) is 0. The summed E-state index contributed by atoms with van der Waals surface area (Å²) < 4.78 is 0. The second kappa shape index (κ2) is 9.62. The minimum atomic E-state index is 0.562. The molecule has 0 amide bonds. The van der Waals surface area contributed by atoms with E-state index in [2.05, 4.69) is 118 Å². The summed E-state index contributed by atoms with van der Waals surface area (Å²) in [5.74, 6) is 0.562. The number of allylic oxidation sites excluding steroid dienone is 5. The van der Waals surface area contributed by atoms with Crippen LogP contribution >= 0.6 is 0 Å². The molecule has 0 N–H and O–H groups in total. The average molecular weight is 403 g/mol. The predicted octanol–water partition coefficient (Wildman–Crippen LogP) is 8.47. The van der Waals surface area contributed by atoms with Gasteiger partial charge in [0.05, 0.1) is 0 Å². The van der Waals surface area contributed by atoms with E-state index in [0.717, 1.165) is 18.4 Å². The normalized spacial score (nSPS) is 13.5. The van der Waals surface area contributed by atoms with E-state index in [1.54, 1.807) is 0 Å². The summed E-state index contributed by atoms with van der Waals surface area (Å²) in [4.78, 5) is 0. The van der Waals surface area contributed by atoms with E-state index in [1.165, 1.54) is 39.0 Å². The molecule has 3 aromatic rings. The lowest BCUT2D eigenvalue weighted by Gasteiger charge is -2.10. The largest absolute Gasteiger partial charge is 0.0985 e. The molecule has 0 spiro atoms. The SMILES string of the molecule is C=Cc1cccc(/C=C/C2=CC=C(c3cccc(Cc4cccc(C(C)C)c4)c3)C2)c1. The third-order valence-electron chi connectivity index (χ3n) is 5.85. The Morgan fingerprint density at radius 1 is 0.806 bits per heavy atom. The van der Waals surface area contributed by atoms with Gasteiger partial charge in [0.2, 0.25) is 0 Å². The predicted molar refractivity (Wildman–Crippen MR) is 136 cm³/mol. The van der Waals surface area contributed by atoms with Crippen molar-refractivity contribution < 1.29 is 0 Å². The molecule has 0 saturated heterocycles. The Labute approximate surface area is 187 Å². The molecule has 0 unspecified atom stereocenters. The molecule has 0 saturated carbocycles. The maximum Gasteiger partial charge on any atom is -0.00198 e. The second-order valence-corrected chi connectivity index (χ2v) is 8.59. The van der Waals surface area contributed by atoms with Crippen molar-refractivity contribution in [3.63, 3.8) is 0 Å². The van der Waals surface area contributed by atoms with E-state index in [0.29, 0.717) is 5.92 Å². The quantitative estimate of drug-likeness (QED) is 0.372. The fraction of sp³-hybridized carbons (Fsp3) is 0.161. The lowest BCUT2D eigenvalue weighted by Crippen LogP contribution is -1.93. The van der Waals surface area contributed by atoms with E-state index in [-0.39, 0.29) is 0 Å². The summed E-state index contributed by atoms with van der Waals surface area (Å²) in [5, 5.41) is 0. The van der Waals surface area contributed by atoms with Crippen LogP contribution in [-0.4, -0.2) is 0 Å². The van der Waals surface area contributed by atoms with Crippen LogP contribution in [0.1, 0.15) is 59.6 Å². The zero-order valence-electron chi connectivity index (χ0n) is 18.5. The number of rotatable bonds is 7. The Balaban J connectivity index is 1.43. The van der Waals surface area contributed by atoms with Crippen molar-refractivity contribution in [2.45, 2.75) is 32.6 Å². The molecule has 0 radical (unpaired) electrons. The van der Waals surface area contributed by atoms with Gasteiger partial charge in [0, 0.05) is 0 Å². The van der Waals surface area contributed by atoms with Gasteiger partial charge in [-0.2, -0.15) is 0 Å². The zero-order valence-corrected chi connectivity index (χ0v) is 18.5. The van der Waals surface area contributed by atoms with Gasteiger partial charge >= 0.3 is 0 Å². The molecule has 0 aliphatic heterocycles. The molecular weight excluding hydrogens is 372 g/mol. The second-order valence-electron chi connectivity index (χ2n) is 8.59. The lowest BCUT2D eigenvalue weighted by atomic mass is 9.95. The van der Waals surface area contributed by atoms with Gasteiger partial charge in [0.15, 0.2) is 0 Å². The Morgan fingerprint density at radius 2 is 1.55 bits per heavy atom. The summed E-state index contributed by atoms with van der Waals surface area (Å²) in [7, 11) is 0. The summed E-state index contributed by atoms with van der Waals surface area (Å²) >= 11 is 0. The van der Waals surface area contributed by atoms with Crippen molar-refractivity contribution in [2.24, 2.45) is 0 Å². The third-order valence-corrected chi connectivity index (χ3v) is 5.85. The molecule has 0 heteroatoms. The highest BCUT2D eigenvalue weighted by atomic mass is 14.1. The van der Waals surface area contributed by atoms with Gasteiger partial charge < -0.3 is 0 Å². The van der Waals surface area contributed by atoms with Gasteiger partial charge in [-0.05, 0) is 69.4 Å². The topological polar surface area (TPSA) is 0 Å². The van der Waals surface area contributed by atoms with Crippen LogP contribution in [0.4, 0.5) is 0 Å². The van der Waals surface area contributed by atoms with Crippen molar-refractivity contribution in [1.29, 1.82) is 0 Å². The Bertz CT molecular complexity index is 1170. The molecule has 4 rings (SSSR count). The van der Waals surface area contributed by atoms with Crippen molar-refractivity contribution in [3.05, 3.63) is 137 Å². The minimum absolute atomic E-state index is 0.562. The van der Waals surface area contributed by atoms with Gasteiger partial charge in [-0.15, -0.1) is 0 Å². The van der Waals surface area contributed by atoms with Crippen molar-refractivity contribution >= 4 is 17.7 Å². The molecular formula is C31H30. The average Bonchev–Trinajstić information content (AvgIpc) is 3.27. The Kier molecular flexibility index (Phi) is 6.48. The maximum absolute atomic E-state index is 3.85. The fourth-order valence-corrected chi connectivity index (χ4v) is 4.03. The first kappa shape index (κ1) is 20.9. The highest BCUT2D eigenvalue weighted by Crippen LogP contribution is 2.30. The number of benzene rings is 3. The van der Waals surface area contributed by atoms with Gasteiger partial charge in [-0.1, -0.05) is 118 Å². The molecule has 0 heterocycles. The van der Waals surface area contributed by atoms with Crippen molar-refractivity contribution in [3.8, 4) is 0 Å². The smallest absolute Gasteiger partial charge is 0.00198 e. The molecule has 0 fully saturated rings. The van der Waals surface area contributed by atoms with Gasteiger partial charge in [0.1, 0.15) is 0 Å². The van der Waals surface area contributed by atoms with Crippen LogP contribution in [0.3, 0.4) is 0 Å². The third kappa shape index (κ3) is 5.41. The van der Waals surface area contributed by atoms with Crippen molar-refractivity contribution in [1.82, 2.24) is 0 Å². The van der Waals surface area contributed by atoms with Gasteiger partial charge in [-0.25, -0.2) is 0 Å². The Morgan fingerprint density at radius 3 is 2.35 bits per heavy atom. The van der Waals surface area contributed by atoms with Crippen LogP contribution < -0.4 is 0 Å². The van der Waals surface area contributed by atoms with Crippen molar-refractivity contribution in [2.75, 3.05) is 0 Å². The first-order valence-corrected chi connectivity index (χ1v) is 11.1. The van der Waals surface area contributed by atoms with Crippen LogP contribution in [0.25, 0.3) is 17.7 Å².